The molecule has 4 amide bonds. The minimum Gasteiger partial charge on any atom is -0.497 e. The summed E-state index contributed by atoms with van der Waals surface area (Å²) in [5.41, 5.74) is 1.67. The van der Waals surface area contributed by atoms with Gasteiger partial charge in [-0.05, 0) is 55.3 Å². The van der Waals surface area contributed by atoms with E-state index < -0.39 is 6.03 Å². The van der Waals surface area contributed by atoms with Crippen molar-refractivity contribution in [3.63, 3.8) is 0 Å². The number of benzene rings is 2. The third-order valence-electron chi connectivity index (χ3n) is 5.45. The third kappa shape index (κ3) is 6.97. The molecule has 1 saturated heterocycles. The average Bonchev–Trinajstić information content (AvgIpc) is 2.84. The van der Waals surface area contributed by atoms with E-state index in [4.69, 9.17) is 10.00 Å². The van der Waals surface area contributed by atoms with Gasteiger partial charge >= 0.3 is 6.03 Å². The number of ether oxygens (including phenoxy) is 1. The summed E-state index contributed by atoms with van der Waals surface area (Å²) in [7, 11) is 1.59. The zero-order valence-electron chi connectivity index (χ0n) is 18.5. The molecule has 1 aliphatic heterocycles. The van der Waals surface area contributed by atoms with Crippen molar-refractivity contribution >= 4 is 29.2 Å². The minimum atomic E-state index is -0.438. The standard InChI is InChI=1S/C24H27N5O4/c1-33-21-7-5-19(6-8-21)27-23(31)18-10-13-29(14-11-18)22(30)9-12-26-24(32)28-20-4-2-3-17(15-20)16-25/h2-8,15,18H,9-14H2,1H3,(H,27,31)(H2,26,28,32). The van der Waals surface area contributed by atoms with Gasteiger partial charge in [0.05, 0.1) is 18.7 Å². The highest BCUT2D eigenvalue weighted by Gasteiger charge is 2.27. The van der Waals surface area contributed by atoms with Gasteiger partial charge in [-0.2, -0.15) is 5.26 Å². The first kappa shape index (κ1) is 23.6. The predicted molar refractivity (Wildman–Crippen MR) is 124 cm³/mol. The summed E-state index contributed by atoms with van der Waals surface area (Å²) in [5.74, 6) is 0.464. The van der Waals surface area contributed by atoms with Gasteiger partial charge in [0, 0.05) is 43.3 Å². The monoisotopic (exact) mass is 449 g/mol. The molecule has 1 fully saturated rings. The molecule has 9 nitrogen and oxygen atoms in total. The Morgan fingerprint density at radius 1 is 1.06 bits per heavy atom. The molecule has 0 unspecified atom stereocenters. The van der Waals surface area contributed by atoms with Crippen LogP contribution in [-0.2, 0) is 9.59 Å². The van der Waals surface area contributed by atoms with E-state index in [1.54, 1.807) is 60.5 Å². The topological polar surface area (TPSA) is 124 Å². The Bertz CT molecular complexity index is 1020. The van der Waals surface area contributed by atoms with Crippen LogP contribution >= 0.6 is 0 Å². The van der Waals surface area contributed by atoms with Gasteiger partial charge in [0.2, 0.25) is 11.8 Å². The maximum atomic E-state index is 12.5. The largest absolute Gasteiger partial charge is 0.497 e. The number of urea groups is 1. The number of nitriles is 1. The molecule has 0 radical (unpaired) electrons. The summed E-state index contributed by atoms with van der Waals surface area (Å²) in [5, 5.41) is 17.1. The van der Waals surface area contributed by atoms with Crippen LogP contribution in [0, 0.1) is 17.2 Å². The van der Waals surface area contributed by atoms with Crippen LogP contribution in [0.3, 0.4) is 0 Å². The second-order valence-corrected chi connectivity index (χ2v) is 7.70. The number of hydrogen-bond donors (Lipinski definition) is 3. The van der Waals surface area contributed by atoms with Crippen LogP contribution in [0.15, 0.2) is 48.5 Å². The molecule has 9 heteroatoms. The molecule has 33 heavy (non-hydrogen) atoms. The SMILES string of the molecule is COc1ccc(NC(=O)C2CCN(C(=O)CCNC(=O)Nc3cccc(C#N)c3)CC2)cc1. The molecule has 3 N–H and O–H groups in total. The van der Waals surface area contributed by atoms with Crippen molar-refractivity contribution in [2.24, 2.45) is 5.92 Å². The lowest BCUT2D eigenvalue weighted by molar-refractivity contribution is -0.134. The van der Waals surface area contributed by atoms with Crippen LogP contribution < -0.4 is 20.7 Å². The molecule has 0 aromatic heterocycles. The summed E-state index contributed by atoms with van der Waals surface area (Å²) in [6.07, 6.45) is 1.36. The highest BCUT2D eigenvalue weighted by Crippen LogP contribution is 2.21. The van der Waals surface area contributed by atoms with Crippen molar-refractivity contribution in [1.82, 2.24) is 10.2 Å². The number of anilines is 2. The molecule has 2 aromatic carbocycles. The number of rotatable bonds is 7. The zero-order valence-corrected chi connectivity index (χ0v) is 18.5. The van der Waals surface area contributed by atoms with E-state index >= 15 is 0 Å². The molecule has 0 spiro atoms. The second kappa shape index (κ2) is 11.5. The van der Waals surface area contributed by atoms with Crippen molar-refractivity contribution in [3.8, 4) is 11.8 Å². The van der Waals surface area contributed by atoms with Gasteiger partial charge < -0.3 is 25.6 Å². The fraction of sp³-hybridized carbons (Fsp3) is 0.333. The fourth-order valence-electron chi connectivity index (χ4n) is 3.59. The summed E-state index contributed by atoms with van der Waals surface area (Å²) in [6, 6.07) is 15.3. The van der Waals surface area contributed by atoms with Crippen LogP contribution in [-0.4, -0.2) is 49.5 Å². The number of piperidine rings is 1. The summed E-state index contributed by atoms with van der Waals surface area (Å²) >= 11 is 0. The Kier molecular flexibility index (Phi) is 8.24. The molecule has 172 valence electrons. The van der Waals surface area contributed by atoms with E-state index in [9.17, 15) is 14.4 Å². The van der Waals surface area contributed by atoms with Crippen molar-refractivity contribution < 1.29 is 19.1 Å². The first-order chi connectivity index (χ1) is 16.0. The number of nitrogens with one attached hydrogen (secondary N) is 3. The Morgan fingerprint density at radius 3 is 2.45 bits per heavy atom. The van der Waals surface area contributed by atoms with E-state index in [0.717, 1.165) is 5.75 Å². The number of nitrogens with zero attached hydrogens (tertiary/aromatic N) is 2. The molecule has 0 saturated carbocycles. The molecule has 2 aromatic rings. The van der Waals surface area contributed by atoms with Gasteiger partial charge in [-0.25, -0.2) is 4.79 Å². The lowest BCUT2D eigenvalue weighted by Crippen LogP contribution is -2.42. The summed E-state index contributed by atoms with van der Waals surface area (Å²) < 4.78 is 5.11. The molecular weight excluding hydrogens is 422 g/mol. The molecule has 1 heterocycles. The number of likely N-dealkylation sites (tertiary alicyclic amines) is 1. The molecule has 0 aliphatic carbocycles. The molecule has 1 aliphatic rings. The maximum absolute atomic E-state index is 12.5. The molecular formula is C24H27N5O4. The van der Waals surface area contributed by atoms with E-state index in [1.807, 2.05) is 6.07 Å². The maximum Gasteiger partial charge on any atom is 0.319 e. The Labute approximate surface area is 192 Å². The second-order valence-electron chi connectivity index (χ2n) is 7.70. The van der Waals surface area contributed by atoms with Gasteiger partial charge in [0.15, 0.2) is 0 Å². The van der Waals surface area contributed by atoms with E-state index in [-0.39, 0.29) is 30.7 Å². The highest BCUT2D eigenvalue weighted by atomic mass is 16.5. The lowest BCUT2D eigenvalue weighted by Gasteiger charge is -2.31. The number of methoxy groups -OCH3 is 1. The van der Waals surface area contributed by atoms with E-state index in [2.05, 4.69) is 16.0 Å². The van der Waals surface area contributed by atoms with Crippen LogP contribution in [0.5, 0.6) is 5.75 Å². The van der Waals surface area contributed by atoms with Gasteiger partial charge in [0.1, 0.15) is 5.75 Å². The van der Waals surface area contributed by atoms with Crippen LogP contribution in [0.25, 0.3) is 0 Å². The number of amides is 4. The van der Waals surface area contributed by atoms with Gasteiger partial charge in [-0.15, -0.1) is 0 Å². The van der Waals surface area contributed by atoms with Gasteiger partial charge in [-0.3, -0.25) is 9.59 Å². The van der Waals surface area contributed by atoms with Crippen LogP contribution in [0.4, 0.5) is 16.2 Å². The fourth-order valence-corrected chi connectivity index (χ4v) is 3.59. The Balaban J connectivity index is 1.36. The number of hydrogen-bond acceptors (Lipinski definition) is 5. The lowest BCUT2D eigenvalue weighted by atomic mass is 9.95. The van der Waals surface area contributed by atoms with E-state index in [1.165, 1.54) is 0 Å². The quantitative estimate of drug-likeness (QED) is 0.600. The van der Waals surface area contributed by atoms with Crippen molar-refractivity contribution in [2.45, 2.75) is 19.3 Å². The number of carbonyl (C=O) groups excluding carboxylic acids is 3. The smallest absolute Gasteiger partial charge is 0.319 e. The zero-order chi connectivity index (χ0) is 23.6. The first-order valence-electron chi connectivity index (χ1n) is 10.8. The average molecular weight is 450 g/mol. The molecule has 0 atom stereocenters. The first-order valence-corrected chi connectivity index (χ1v) is 10.8. The highest BCUT2D eigenvalue weighted by molar-refractivity contribution is 5.93. The van der Waals surface area contributed by atoms with Crippen molar-refractivity contribution in [1.29, 1.82) is 5.26 Å². The summed E-state index contributed by atoms with van der Waals surface area (Å²) in [4.78, 5) is 38.7. The summed E-state index contributed by atoms with van der Waals surface area (Å²) in [6.45, 7) is 1.21. The third-order valence-corrected chi connectivity index (χ3v) is 5.45. The Morgan fingerprint density at radius 2 is 1.79 bits per heavy atom. The molecule has 0 bridgehead atoms. The van der Waals surface area contributed by atoms with Gasteiger partial charge in [-0.1, -0.05) is 6.07 Å². The van der Waals surface area contributed by atoms with Crippen molar-refractivity contribution in [3.05, 3.63) is 54.1 Å². The normalized spacial score (nSPS) is 13.5. The van der Waals surface area contributed by atoms with Crippen LogP contribution in [0.1, 0.15) is 24.8 Å². The molecule has 3 rings (SSSR count). The van der Waals surface area contributed by atoms with Crippen LogP contribution in [0.2, 0.25) is 0 Å². The minimum absolute atomic E-state index is 0.0499. The van der Waals surface area contributed by atoms with Gasteiger partial charge in [0.25, 0.3) is 0 Å². The van der Waals surface area contributed by atoms with Crippen molar-refractivity contribution in [2.75, 3.05) is 37.4 Å². The number of carbonyl (C=O) groups is 3. The Hall–Kier alpha value is -4.06. The van der Waals surface area contributed by atoms with E-state index in [0.29, 0.717) is 42.9 Å². The predicted octanol–water partition coefficient (Wildman–Crippen LogP) is 2.96.